The van der Waals surface area contributed by atoms with E-state index in [0.29, 0.717) is 5.95 Å². The van der Waals surface area contributed by atoms with Gasteiger partial charge in [-0.25, -0.2) is 19.6 Å². The highest BCUT2D eigenvalue weighted by atomic mass is 15.3. The summed E-state index contributed by atoms with van der Waals surface area (Å²) >= 11 is 0. The second-order valence-electron chi connectivity index (χ2n) is 5.80. The van der Waals surface area contributed by atoms with Gasteiger partial charge in [-0.15, -0.1) is 0 Å². The summed E-state index contributed by atoms with van der Waals surface area (Å²) in [6.07, 6.45) is 8.46. The Hall–Kier alpha value is -3.61. The summed E-state index contributed by atoms with van der Waals surface area (Å²) < 4.78 is 1.73. The molecule has 7 nitrogen and oxygen atoms in total. The first-order chi connectivity index (χ1) is 12.8. The number of pyridine rings is 1. The van der Waals surface area contributed by atoms with Crippen molar-refractivity contribution < 1.29 is 0 Å². The third-order valence-corrected chi connectivity index (χ3v) is 4.05. The van der Waals surface area contributed by atoms with E-state index in [4.69, 9.17) is 0 Å². The Morgan fingerprint density at radius 1 is 0.923 bits per heavy atom. The van der Waals surface area contributed by atoms with Crippen LogP contribution in [-0.2, 0) is 0 Å². The summed E-state index contributed by atoms with van der Waals surface area (Å²) in [7, 11) is 0. The summed E-state index contributed by atoms with van der Waals surface area (Å²) in [4.78, 5) is 16.9. The predicted molar refractivity (Wildman–Crippen MR) is 98.7 cm³/mol. The van der Waals surface area contributed by atoms with Crippen LogP contribution in [0, 0.1) is 0 Å². The molecule has 0 fully saturated rings. The molecule has 4 aromatic rings. The Kier molecular flexibility index (Phi) is 4.34. The first-order valence-corrected chi connectivity index (χ1v) is 8.24. The van der Waals surface area contributed by atoms with Crippen molar-refractivity contribution in [3.05, 3.63) is 79.3 Å². The number of hydrogen-bond donors (Lipinski definition) is 1. The fourth-order valence-electron chi connectivity index (χ4n) is 2.65. The van der Waals surface area contributed by atoms with Gasteiger partial charge < -0.3 is 5.32 Å². The molecule has 7 heteroatoms. The molecule has 3 aromatic heterocycles. The van der Waals surface area contributed by atoms with E-state index in [0.717, 1.165) is 22.5 Å². The van der Waals surface area contributed by atoms with Gasteiger partial charge in [-0.3, -0.25) is 4.98 Å². The quantitative estimate of drug-likeness (QED) is 0.599. The van der Waals surface area contributed by atoms with Crippen LogP contribution in [-0.4, -0.2) is 29.7 Å². The summed E-state index contributed by atoms with van der Waals surface area (Å²) in [6, 6.07) is 13.9. The van der Waals surface area contributed by atoms with E-state index in [2.05, 4.69) is 49.4 Å². The lowest BCUT2D eigenvalue weighted by atomic mass is 10.1. The van der Waals surface area contributed by atoms with Gasteiger partial charge in [0, 0.05) is 24.2 Å². The molecule has 0 bridgehead atoms. The van der Waals surface area contributed by atoms with Crippen molar-refractivity contribution in [2.24, 2.45) is 0 Å². The molecule has 0 saturated heterocycles. The summed E-state index contributed by atoms with van der Waals surface area (Å²) in [5.41, 5.74) is 3.97. The number of nitrogens with one attached hydrogen (secondary N) is 1. The second kappa shape index (κ2) is 7.10. The van der Waals surface area contributed by atoms with Crippen LogP contribution in [0.1, 0.15) is 18.5 Å². The lowest BCUT2D eigenvalue weighted by molar-refractivity contribution is 0.850. The highest BCUT2D eigenvalue weighted by molar-refractivity contribution is 5.59. The first kappa shape index (κ1) is 15.9. The summed E-state index contributed by atoms with van der Waals surface area (Å²) in [5.74, 6) is 0.590. The Bertz CT molecular complexity index is 966. The maximum Gasteiger partial charge on any atom is 0.223 e. The minimum Gasteiger partial charge on any atom is -0.348 e. The van der Waals surface area contributed by atoms with Crippen LogP contribution >= 0.6 is 0 Å². The van der Waals surface area contributed by atoms with Crippen molar-refractivity contribution in [2.45, 2.75) is 13.0 Å². The SMILES string of the molecule is CC(Nc1nccc(-c2ccncc2)n1)c1ccc(-n2cncn2)cc1. The average Bonchev–Trinajstić information content (AvgIpc) is 3.24. The van der Waals surface area contributed by atoms with Crippen LogP contribution in [0.3, 0.4) is 0 Å². The zero-order valence-electron chi connectivity index (χ0n) is 14.2. The van der Waals surface area contributed by atoms with E-state index in [1.165, 1.54) is 6.33 Å². The molecule has 128 valence electrons. The minimum absolute atomic E-state index is 0.0625. The van der Waals surface area contributed by atoms with E-state index >= 15 is 0 Å². The average molecular weight is 343 g/mol. The largest absolute Gasteiger partial charge is 0.348 e. The van der Waals surface area contributed by atoms with Crippen molar-refractivity contribution in [1.29, 1.82) is 0 Å². The molecule has 1 aromatic carbocycles. The van der Waals surface area contributed by atoms with E-state index < -0.39 is 0 Å². The molecule has 1 N–H and O–H groups in total. The Balaban J connectivity index is 1.50. The molecule has 0 aliphatic heterocycles. The van der Waals surface area contributed by atoms with Gasteiger partial charge in [0.25, 0.3) is 0 Å². The van der Waals surface area contributed by atoms with Crippen LogP contribution in [0.4, 0.5) is 5.95 Å². The van der Waals surface area contributed by atoms with Crippen molar-refractivity contribution in [3.63, 3.8) is 0 Å². The van der Waals surface area contributed by atoms with Crippen molar-refractivity contribution in [3.8, 4) is 16.9 Å². The van der Waals surface area contributed by atoms with Crippen LogP contribution in [0.15, 0.2) is 73.7 Å². The molecular formula is C19H17N7. The molecule has 0 spiro atoms. The Labute approximate surface area is 150 Å². The number of hydrogen-bond acceptors (Lipinski definition) is 6. The van der Waals surface area contributed by atoms with Crippen LogP contribution in [0.5, 0.6) is 0 Å². The first-order valence-electron chi connectivity index (χ1n) is 8.24. The maximum atomic E-state index is 4.59. The van der Waals surface area contributed by atoms with Gasteiger partial charge in [-0.2, -0.15) is 5.10 Å². The lowest BCUT2D eigenvalue weighted by Gasteiger charge is -2.15. The maximum absolute atomic E-state index is 4.59. The Morgan fingerprint density at radius 2 is 1.73 bits per heavy atom. The number of rotatable bonds is 5. The predicted octanol–water partition coefficient (Wildman–Crippen LogP) is 3.29. The normalized spacial score (nSPS) is 11.9. The minimum atomic E-state index is 0.0625. The molecule has 0 aliphatic carbocycles. The van der Waals surface area contributed by atoms with Gasteiger partial charge >= 0.3 is 0 Å². The smallest absolute Gasteiger partial charge is 0.223 e. The zero-order chi connectivity index (χ0) is 17.8. The summed E-state index contributed by atoms with van der Waals surface area (Å²) in [6.45, 7) is 2.08. The van der Waals surface area contributed by atoms with Crippen LogP contribution in [0.25, 0.3) is 16.9 Å². The van der Waals surface area contributed by atoms with Gasteiger partial charge in [0.15, 0.2) is 0 Å². The number of nitrogens with zero attached hydrogens (tertiary/aromatic N) is 6. The second-order valence-corrected chi connectivity index (χ2v) is 5.80. The monoisotopic (exact) mass is 343 g/mol. The van der Waals surface area contributed by atoms with Gasteiger partial charge in [-0.05, 0) is 42.8 Å². The number of anilines is 1. The lowest BCUT2D eigenvalue weighted by Crippen LogP contribution is -2.09. The van der Waals surface area contributed by atoms with Crippen LogP contribution in [0.2, 0.25) is 0 Å². The zero-order valence-corrected chi connectivity index (χ0v) is 14.2. The molecule has 3 heterocycles. The third kappa shape index (κ3) is 3.41. The molecule has 1 atom stereocenters. The summed E-state index contributed by atoms with van der Waals surface area (Å²) in [5, 5.41) is 7.48. The molecule has 26 heavy (non-hydrogen) atoms. The van der Waals surface area contributed by atoms with E-state index in [-0.39, 0.29) is 6.04 Å². The van der Waals surface area contributed by atoms with E-state index in [9.17, 15) is 0 Å². The molecule has 0 aliphatic rings. The highest BCUT2D eigenvalue weighted by Gasteiger charge is 2.09. The van der Waals surface area contributed by atoms with Gasteiger partial charge in [0.2, 0.25) is 5.95 Å². The van der Waals surface area contributed by atoms with Gasteiger partial charge in [-0.1, -0.05) is 12.1 Å². The molecule has 4 rings (SSSR count). The van der Waals surface area contributed by atoms with E-state index in [1.54, 1.807) is 29.6 Å². The van der Waals surface area contributed by atoms with Crippen LogP contribution < -0.4 is 5.32 Å². The fraction of sp³-hybridized carbons (Fsp3) is 0.105. The fourth-order valence-corrected chi connectivity index (χ4v) is 2.65. The highest BCUT2D eigenvalue weighted by Crippen LogP contribution is 2.21. The molecule has 0 saturated carbocycles. The van der Waals surface area contributed by atoms with Crippen molar-refractivity contribution in [1.82, 2.24) is 29.7 Å². The standard InChI is InChI=1S/C19H17N7/c1-14(15-2-4-17(5-3-15)26-13-21-12-23-26)24-19-22-11-8-18(25-19)16-6-9-20-10-7-16/h2-14H,1H3,(H,22,24,25). The van der Waals surface area contributed by atoms with Crippen molar-refractivity contribution in [2.75, 3.05) is 5.32 Å². The molecule has 0 radical (unpaired) electrons. The Morgan fingerprint density at radius 3 is 2.46 bits per heavy atom. The van der Waals surface area contributed by atoms with Gasteiger partial charge in [0.05, 0.1) is 17.4 Å². The van der Waals surface area contributed by atoms with Gasteiger partial charge in [0.1, 0.15) is 12.7 Å². The molecule has 0 amide bonds. The molecule has 1 unspecified atom stereocenters. The van der Waals surface area contributed by atoms with Crippen molar-refractivity contribution >= 4 is 5.95 Å². The van der Waals surface area contributed by atoms with E-state index in [1.807, 2.05) is 30.3 Å². The molecular weight excluding hydrogens is 326 g/mol. The number of aromatic nitrogens is 6. The third-order valence-electron chi connectivity index (χ3n) is 4.05. The topological polar surface area (TPSA) is 81.4 Å². The number of benzene rings is 1.